The van der Waals surface area contributed by atoms with Gasteiger partial charge in [-0.25, -0.2) is 0 Å². The minimum absolute atomic E-state index is 0.0440. The Labute approximate surface area is 209 Å². The second kappa shape index (κ2) is 10.3. The average Bonchev–Trinajstić information content (AvgIpc) is 3.44. The first-order chi connectivity index (χ1) is 16.5. The van der Waals surface area contributed by atoms with Crippen LogP contribution in [-0.4, -0.2) is 84.3 Å². The number of fused-ring (bicyclic) bond motifs is 2. The highest BCUT2D eigenvalue weighted by atomic mass is 79.9. The fraction of sp³-hybridized carbons (Fsp3) is 0.640. The van der Waals surface area contributed by atoms with E-state index in [0.717, 1.165) is 21.9 Å². The van der Waals surface area contributed by atoms with Gasteiger partial charge in [-0.05, 0) is 62.9 Å². The molecule has 2 amide bonds. The molecule has 3 saturated heterocycles. The van der Waals surface area contributed by atoms with Crippen molar-refractivity contribution in [2.75, 3.05) is 51.3 Å². The zero-order chi connectivity index (χ0) is 23.7. The summed E-state index contributed by atoms with van der Waals surface area (Å²) in [5.41, 5.74) is 0.864. The number of methoxy groups -OCH3 is 1. The van der Waals surface area contributed by atoms with E-state index in [2.05, 4.69) is 31.0 Å². The normalized spacial score (nSPS) is 25.6. The summed E-state index contributed by atoms with van der Waals surface area (Å²) in [7, 11) is 1.67. The Morgan fingerprint density at radius 1 is 1.26 bits per heavy atom. The average molecular weight is 532 g/mol. The van der Waals surface area contributed by atoms with Gasteiger partial charge in [0.15, 0.2) is 5.82 Å². The maximum absolute atomic E-state index is 13.7. The minimum Gasteiger partial charge on any atom is -0.383 e. The van der Waals surface area contributed by atoms with Gasteiger partial charge >= 0.3 is 0 Å². The van der Waals surface area contributed by atoms with Crippen molar-refractivity contribution < 1.29 is 14.3 Å². The number of nitrogens with zero attached hydrogens (tertiary/aromatic N) is 4. The van der Waals surface area contributed by atoms with E-state index in [4.69, 9.17) is 4.74 Å². The Bertz CT molecular complexity index is 1040. The van der Waals surface area contributed by atoms with E-state index in [1.54, 1.807) is 12.0 Å². The van der Waals surface area contributed by atoms with Gasteiger partial charge in [0.25, 0.3) is 0 Å². The van der Waals surface area contributed by atoms with Crippen LogP contribution >= 0.6 is 15.9 Å². The van der Waals surface area contributed by atoms with Gasteiger partial charge in [-0.3, -0.25) is 19.6 Å². The van der Waals surface area contributed by atoms with Gasteiger partial charge < -0.3 is 14.5 Å². The summed E-state index contributed by atoms with van der Waals surface area (Å²) >= 11 is 3.47. The monoisotopic (exact) mass is 531 g/mol. The zero-order valence-corrected chi connectivity index (χ0v) is 21.4. The first kappa shape index (κ1) is 23.8. The number of hydrogen-bond acceptors (Lipinski definition) is 5. The number of hydrogen-bond donors (Lipinski definition) is 1. The second-order valence-corrected chi connectivity index (χ2v) is 10.8. The molecule has 0 radical (unpaired) electrons. The number of carbonyl (C=O) groups excluding carboxylic acids is 2. The van der Waals surface area contributed by atoms with E-state index in [1.807, 2.05) is 23.1 Å². The smallest absolute Gasteiger partial charge is 0.229 e. The first-order valence-corrected chi connectivity index (χ1v) is 13.3. The van der Waals surface area contributed by atoms with Gasteiger partial charge in [0.2, 0.25) is 11.8 Å². The fourth-order valence-corrected chi connectivity index (χ4v) is 6.45. The van der Waals surface area contributed by atoms with Crippen LogP contribution in [0.25, 0.3) is 10.9 Å². The quantitative estimate of drug-likeness (QED) is 0.591. The summed E-state index contributed by atoms with van der Waals surface area (Å²) in [6, 6.07) is 6.41. The van der Waals surface area contributed by atoms with Crippen molar-refractivity contribution in [3.63, 3.8) is 0 Å². The predicted octanol–water partition coefficient (Wildman–Crippen LogP) is 3.42. The van der Waals surface area contributed by atoms with Crippen molar-refractivity contribution in [3.05, 3.63) is 22.7 Å². The number of H-pyrrole nitrogens is 1. The molecule has 3 aliphatic rings. The zero-order valence-electron chi connectivity index (χ0n) is 19.8. The molecule has 184 valence electrons. The number of carbonyl (C=O) groups is 2. The van der Waals surface area contributed by atoms with Crippen LogP contribution in [0.2, 0.25) is 0 Å². The lowest BCUT2D eigenvalue weighted by atomic mass is 9.83. The van der Waals surface area contributed by atoms with Crippen molar-refractivity contribution in [1.29, 1.82) is 0 Å². The molecule has 1 aromatic heterocycles. The summed E-state index contributed by atoms with van der Waals surface area (Å²) in [4.78, 5) is 33.0. The number of ether oxygens (including phenoxy) is 1. The van der Waals surface area contributed by atoms with Crippen molar-refractivity contribution in [1.82, 2.24) is 20.0 Å². The van der Waals surface area contributed by atoms with Gasteiger partial charge in [0.1, 0.15) is 0 Å². The number of piperidine rings is 2. The number of rotatable bonds is 7. The maximum Gasteiger partial charge on any atom is 0.229 e. The summed E-state index contributed by atoms with van der Waals surface area (Å²) in [6.45, 7) is 4.59. The maximum atomic E-state index is 13.7. The number of nitrogens with one attached hydrogen (secondary N) is 1. The fourth-order valence-electron chi connectivity index (χ4n) is 6.09. The second-order valence-electron chi connectivity index (χ2n) is 9.92. The van der Waals surface area contributed by atoms with E-state index in [9.17, 15) is 9.59 Å². The van der Waals surface area contributed by atoms with Crippen LogP contribution < -0.4 is 4.90 Å². The predicted molar refractivity (Wildman–Crippen MR) is 135 cm³/mol. The Morgan fingerprint density at radius 3 is 2.97 bits per heavy atom. The molecule has 0 unspecified atom stereocenters. The van der Waals surface area contributed by atoms with Crippen molar-refractivity contribution in [2.45, 2.75) is 44.6 Å². The molecule has 0 aliphatic carbocycles. The molecule has 2 aromatic rings. The summed E-state index contributed by atoms with van der Waals surface area (Å²) < 4.78 is 6.29. The highest BCUT2D eigenvalue weighted by molar-refractivity contribution is 9.10. The first-order valence-electron chi connectivity index (χ1n) is 12.5. The van der Waals surface area contributed by atoms with Crippen molar-refractivity contribution in [2.24, 2.45) is 11.8 Å². The molecule has 3 atom stereocenters. The lowest BCUT2D eigenvalue weighted by Crippen LogP contribution is -2.52. The highest BCUT2D eigenvalue weighted by Gasteiger charge is 2.40. The van der Waals surface area contributed by atoms with Crippen molar-refractivity contribution in [3.8, 4) is 0 Å². The van der Waals surface area contributed by atoms with E-state index < -0.39 is 0 Å². The SMILES string of the molecule is COCCN(C[C@@H]1CCCN2CCCC[C@H]12)C(=O)[C@@H]1CC(=O)N(c2n[nH]c3cc(Br)ccc23)C1. The highest BCUT2D eigenvalue weighted by Crippen LogP contribution is 2.34. The van der Waals surface area contributed by atoms with Crippen LogP contribution in [-0.2, 0) is 14.3 Å². The van der Waals surface area contributed by atoms with Gasteiger partial charge in [-0.2, -0.15) is 5.10 Å². The number of anilines is 1. The molecular weight excluding hydrogens is 498 g/mol. The molecule has 4 heterocycles. The van der Waals surface area contributed by atoms with Gasteiger partial charge in [-0.1, -0.05) is 22.4 Å². The topological polar surface area (TPSA) is 81.8 Å². The van der Waals surface area contributed by atoms with E-state index in [0.29, 0.717) is 37.5 Å². The molecule has 3 fully saturated rings. The number of halogens is 1. The van der Waals surface area contributed by atoms with Crippen LogP contribution in [0, 0.1) is 11.8 Å². The van der Waals surface area contributed by atoms with Crippen molar-refractivity contribution >= 4 is 44.5 Å². The Kier molecular flexibility index (Phi) is 7.22. The third kappa shape index (κ3) is 4.75. The van der Waals surface area contributed by atoms with E-state index in [1.165, 1.54) is 45.2 Å². The van der Waals surface area contributed by atoms with Crippen LogP contribution in [0.4, 0.5) is 5.82 Å². The van der Waals surface area contributed by atoms with Crippen LogP contribution in [0.5, 0.6) is 0 Å². The Balaban J connectivity index is 1.31. The van der Waals surface area contributed by atoms with Crippen LogP contribution in [0.3, 0.4) is 0 Å². The lowest BCUT2D eigenvalue weighted by Gasteiger charge is -2.46. The Hall–Kier alpha value is -1.97. The van der Waals surface area contributed by atoms with Gasteiger partial charge in [-0.15, -0.1) is 0 Å². The molecule has 0 saturated carbocycles. The number of aromatic amines is 1. The third-order valence-corrected chi connectivity index (χ3v) is 8.29. The van der Waals surface area contributed by atoms with Gasteiger partial charge in [0, 0.05) is 49.1 Å². The molecule has 0 bridgehead atoms. The third-order valence-electron chi connectivity index (χ3n) is 7.80. The minimum atomic E-state index is -0.349. The molecule has 5 rings (SSSR count). The summed E-state index contributed by atoms with van der Waals surface area (Å²) in [6.07, 6.45) is 6.40. The molecule has 34 heavy (non-hydrogen) atoms. The summed E-state index contributed by atoms with van der Waals surface area (Å²) in [5, 5.41) is 8.31. The van der Waals surface area contributed by atoms with Crippen LogP contribution in [0.1, 0.15) is 38.5 Å². The molecule has 9 heteroatoms. The summed E-state index contributed by atoms with van der Waals surface area (Å²) in [5.74, 6) is 0.784. The number of aromatic nitrogens is 2. The molecule has 8 nitrogen and oxygen atoms in total. The number of benzene rings is 1. The molecular formula is C25H34BrN5O3. The molecule has 1 aromatic carbocycles. The molecule has 0 spiro atoms. The standard InChI is InChI=1S/C25H34BrN5O3/c1-34-12-11-30(15-17-5-4-10-29-9-3-2-6-22(17)29)25(33)18-13-23(32)31(16-18)24-20-8-7-19(26)14-21(20)27-28-24/h7-8,14,17-18,22H,2-6,9-13,15-16H2,1H3,(H,27,28)/t17-,18+,22+/m0/s1. The van der Waals surface area contributed by atoms with E-state index in [-0.39, 0.29) is 24.2 Å². The van der Waals surface area contributed by atoms with E-state index >= 15 is 0 Å². The molecule has 1 N–H and O–H groups in total. The molecule has 3 aliphatic heterocycles. The Morgan fingerprint density at radius 2 is 2.12 bits per heavy atom. The van der Waals surface area contributed by atoms with Gasteiger partial charge in [0.05, 0.1) is 18.0 Å². The van der Waals surface area contributed by atoms with Crippen LogP contribution in [0.15, 0.2) is 22.7 Å². The lowest BCUT2D eigenvalue weighted by molar-refractivity contribution is -0.137. The largest absolute Gasteiger partial charge is 0.383 e. The number of amides is 2.